The third-order valence-corrected chi connectivity index (χ3v) is 9.16. The van der Waals surface area contributed by atoms with Crippen LogP contribution in [0.15, 0.2) is 35.0 Å². The van der Waals surface area contributed by atoms with Crippen molar-refractivity contribution in [1.29, 1.82) is 0 Å². The number of hydrogen-bond acceptors (Lipinski definition) is 5. The topological polar surface area (TPSA) is 58.4 Å². The minimum Gasteiger partial charge on any atom is -0.341 e. The zero-order valence-electron chi connectivity index (χ0n) is 21.7. The van der Waals surface area contributed by atoms with Crippen LogP contribution < -0.4 is 4.90 Å². The van der Waals surface area contributed by atoms with Gasteiger partial charge < -0.3 is 4.90 Å². The van der Waals surface area contributed by atoms with Crippen LogP contribution in [0.2, 0.25) is 0 Å². The van der Waals surface area contributed by atoms with E-state index in [1.807, 2.05) is 15.6 Å². The Hall–Kier alpha value is -2.58. The standard InChI is InChI=1S/C28H34N4O2S2/c1-18-9-8-10-21(19(18)2)32-27-24(26(29-32)28(3,4)5)25(20-11-14-35-16-20)36-17-23(34)31(27)15-22(33)30-12-6-7-13-30/h8-11,14,16,25H,6-7,12-13,15,17H2,1-5H3. The summed E-state index contributed by atoms with van der Waals surface area (Å²) in [6, 6.07) is 8.33. The van der Waals surface area contributed by atoms with Gasteiger partial charge in [-0.2, -0.15) is 16.4 Å². The van der Waals surface area contributed by atoms with Crippen molar-refractivity contribution in [2.24, 2.45) is 0 Å². The Morgan fingerprint density at radius 2 is 1.89 bits per heavy atom. The van der Waals surface area contributed by atoms with Crippen molar-refractivity contribution in [3.63, 3.8) is 0 Å². The zero-order valence-corrected chi connectivity index (χ0v) is 23.3. The number of aromatic nitrogens is 2. The number of fused-ring (bicyclic) bond motifs is 1. The molecule has 0 spiro atoms. The molecule has 2 amide bonds. The maximum Gasteiger partial charge on any atom is 0.242 e. The molecule has 0 bridgehead atoms. The van der Waals surface area contributed by atoms with Crippen molar-refractivity contribution in [2.75, 3.05) is 30.3 Å². The Morgan fingerprint density at radius 3 is 2.56 bits per heavy atom. The highest BCUT2D eigenvalue weighted by atomic mass is 32.2. The smallest absolute Gasteiger partial charge is 0.242 e. The molecule has 8 heteroatoms. The van der Waals surface area contributed by atoms with E-state index in [-0.39, 0.29) is 29.0 Å². The van der Waals surface area contributed by atoms with Crippen LogP contribution in [0.4, 0.5) is 5.82 Å². The average molecular weight is 523 g/mol. The number of rotatable bonds is 4. The van der Waals surface area contributed by atoms with Crippen LogP contribution in [0.1, 0.15) is 66.8 Å². The van der Waals surface area contributed by atoms with Crippen LogP contribution in [0, 0.1) is 13.8 Å². The number of benzene rings is 1. The first-order valence-corrected chi connectivity index (χ1v) is 14.6. The van der Waals surface area contributed by atoms with Crippen molar-refractivity contribution < 1.29 is 9.59 Å². The van der Waals surface area contributed by atoms with Gasteiger partial charge in [0.05, 0.1) is 22.4 Å². The zero-order chi connectivity index (χ0) is 25.6. The Kier molecular flexibility index (Phi) is 6.76. The van der Waals surface area contributed by atoms with Gasteiger partial charge in [0.15, 0.2) is 0 Å². The third kappa shape index (κ3) is 4.50. The second-order valence-corrected chi connectivity index (χ2v) is 12.7. The van der Waals surface area contributed by atoms with Gasteiger partial charge in [-0.3, -0.25) is 14.5 Å². The minimum atomic E-state index is -0.250. The highest BCUT2D eigenvalue weighted by molar-refractivity contribution is 8.00. The highest BCUT2D eigenvalue weighted by Gasteiger charge is 2.40. The number of hydrogen-bond donors (Lipinski definition) is 0. The van der Waals surface area contributed by atoms with Gasteiger partial charge in [-0.25, -0.2) is 4.68 Å². The van der Waals surface area contributed by atoms with Crippen LogP contribution in [-0.2, 0) is 15.0 Å². The van der Waals surface area contributed by atoms with E-state index in [1.165, 1.54) is 5.56 Å². The van der Waals surface area contributed by atoms with Crippen LogP contribution in [0.25, 0.3) is 5.69 Å². The molecule has 0 saturated carbocycles. The summed E-state index contributed by atoms with van der Waals surface area (Å²) in [6.45, 7) is 12.3. The predicted octanol–water partition coefficient (Wildman–Crippen LogP) is 5.64. The fraction of sp³-hybridized carbons (Fsp3) is 0.464. The summed E-state index contributed by atoms with van der Waals surface area (Å²) in [6.07, 6.45) is 2.05. The molecule has 190 valence electrons. The molecule has 1 saturated heterocycles. The summed E-state index contributed by atoms with van der Waals surface area (Å²) in [7, 11) is 0. The normalized spacial score (nSPS) is 18.5. The lowest BCUT2D eigenvalue weighted by Gasteiger charge is -2.26. The minimum absolute atomic E-state index is 0.0109. The predicted molar refractivity (Wildman–Crippen MR) is 149 cm³/mol. The molecular formula is C28H34N4O2S2. The van der Waals surface area contributed by atoms with E-state index in [0.717, 1.165) is 59.8 Å². The molecule has 1 unspecified atom stereocenters. The number of aryl methyl sites for hydroxylation is 1. The van der Waals surface area contributed by atoms with Crippen molar-refractivity contribution in [3.8, 4) is 5.69 Å². The molecule has 0 N–H and O–H groups in total. The Bertz CT molecular complexity index is 1280. The van der Waals surface area contributed by atoms with Crippen molar-refractivity contribution in [3.05, 3.63) is 63.0 Å². The number of likely N-dealkylation sites (tertiary alicyclic amines) is 1. The average Bonchev–Trinajstić information content (AvgIpc) is 3.59. The quantitative estimate of drug-likeness (QED) is 0.445. The van der Waals surface area contributed by atoms with E-state index < -0.39 is 0 Å². The lowest BCUT2D eigenvalue weighted by atomic mass is 9.87. The number of thioether (sulfide) groups is 1. The molecule has 3 aromatic rings. The molecule has 0 aliphatic carbocycles. The lowest BCUT2D eigenvalue weighted by molar-refractivity contribution is -0.130. The first-order chi connectivity index (χ1) is 17.2. The number of amides is 2. The summed E-state index contributed by atoms with van der Waals surface area (Å²) in [5.41, 5.74) is 6.17. The van der Waals surface area contributed by atoms with E-state index in [0.29, 0.717) is 5.75 Å². The first kappa shape index (κ1) is 25.1. The molecule has 5 rings (SSSR count). The maximum absolute atomic E-state index is 13.7. The summed E-state index contributed by atoms with van der Waals surface area (Å²) >= 11 is 3.30. The fourth-order valence-electron chi connectivity index (χ4n) is 5.10. The van der Waals surface area contributed by atoms with Gasteiger partial charge in [0, 0.05) is 24.1 Å². The summed E-state index contributed by atoms with van der Waals surface area (Å²) in [5.74, 6) is 1.03. The summed E-state index contributed by atoms with van der Waals surface area (Å²) in [5, 5.41) is 9.43. The third-order valence-electron chi connectivity index (χ3n) is 7.20. The second-order valence-electron chi connectivity index (χ2n) is 10.8. The van der Waals surface area contributed by atoms with Gasteiger partial charge >= 0.3 is 0 Å². The summed E-state index contributed by atoms with van der Waals surface area (Å²) in [4.78, 5) is 30.7. The molecule has 2 aliphatic heterocycles. The van der Waals surface area contributed by atoms with Crippen LogP contribution in [0.3, 0.4) is 0 Å². The molecule has 6 nitrogen and oxygen atoms in total. The number of nitrogens with zero attached hydrogens (tertiary/aromatic N) is 4. The van der Waals surface area contributed by atoms with Crippen molar-refractivity contribution >= 4 is 40.7 Å². The Labute approximate surface area is 221 Å². The number of carbonyl (C=O) groups is 2. The van der Waals surface area contributed by atoms with E-state index in [9.17, 15) is 9.59 Å². The monoisotopic (exact) mass is 522 g/mol. The second kappa shape index (κ2) is 9.71. The van der Waals surface area contributed by atoms with Gasteiger partial charge in [0.1, 0.15) is 12.4 Å². The van der Waals surface area contributed by atoms with Gasteiger partial charge in [-0.15, -0.1) is 11.8 Å². The van der Waals surface area contributed by atoms with Crippen LogP contribution in [-0.4, -0.2) is 51.9 Å². The maximum atomic E-state index is 13.7. The molecule has 4 heterocycles. The highest BCUT2D eigenvalue weighted by Crippen LogP contribution is 2.49. The Balaban J connectivity index is 1.77. The SMILES string of the molecule is Cc1cccc(-n2nc(C(C)(C)C)c3c2N(CC(=O)N2CCCC2)C(=O)CSC3c2ccsc2)c1C. The molecule has 2 aromatic heterocycles. The summed E-state index contributed by atoms with van der Waals surface area (Å²) < 4.78 is 1.94. The van der Waals surface area contributed by atoms with Crippen molar-refractivity contribution in [2.45, 2.75) is 58.1 Å². The molecular weight excluding hydrogens is 488 g/mol. The van der Waals surface area contributed by atoms with Gasteiger partial charge in [-0.05, 0) is 66.3 Å². The molecule has 0 radical (unpaired) electrons. The van der Waals surface area contributed by atoms with E-state index in [2.05, 4.69) is 63.6 Å². The van der Waals surface area contributed by atoms with E-state index in [1.54, 1.807) is 28.0 Å². The molecule has 1 atom stereocenters. The van der Waals surface area contributed by atoms with Crippen LogP contribution >= 0.6 is 23.1 Å². The van der Waals surface area contributed by atoms with Crippen LogP contribution in [0.5, 0.6) is 0 Å². The van der Waals surface area contributed by atoms with E-state index >= 15 is 0 Å². The van der Waals surface area contributed by atoms with E-state index in [4.69, 9.17) is 5.10 Å². The van der Waals surface area contributed by atoms with Gasteiger partial charge in [-0.1, -0.05) is 32.9 Å². The van der Waals surface area contributed by atoms with Crippen molar-refractivity contribution in [1.82, 2.24) is 14.7 Å². The number of thiophene rings is 1. The molecule has 36 heavy (non-hydrogen) atoms. The lowest BCUT2D eigenvalue weighted by Crippen LogP contribution is -2.43. The number of anilines is 1. The fourth-order valence-corrected chi connectivity index (χ4v) is 7.06. The first-order valence-electron chi connectivity index (χ1n) is 12.6. The largest absolute Gasteiger partial charge is 0.341 e. The van der Waals surface area contributed by atoms with Gasteiger partial charge in [0.2, 0.25) is 11.8 Å². The van der Waals surface area contributed by atoms with Gasteiger partial charge in [0.25, 0.3) is 0 Å². The molecule has 1 fully saturated rings. The molecule has 1 aromatic carbocycles. The molecule has 2 aliphatic rings. The number of carbonyl (C=O) groups excluding carboxylic acids is 2. The Morgan fingerprint density at radius 1 is 1.14 bits per heavy atom.